The molecular weight excluding hydrogens is 402 g/mol. The summed E-state index contributed by atoms with van der Waals surface area (Å²) in [5, 5.41) is 3.11. The van der Waals surface area contributed by atoms with E-state index in [-0.39, 0.29) is 11.2 Å². The van der Waals surface area contributed by atoms with Gasteiger partial charge in [0, 0.05) is 45.2 Å². The van der Waals surface area contributed by atoms with Gasteiger partial charge in [0.15, 0.2) is 0 Å². The summed E-state index contributed by atoms with van der Waals surface area (Å²) in [4.78, 5) is 12.4. The van der Waals surface area contributed by atoms with E-state index in [1.54, 1.807) is 6.07 Å². The highest BCUT2D eigenvalue weighted by Crippen LogP contribution is 2.21. The molecule has 0 aromatic heterocycles. The molecule has 1 fully saturated rings. The largest absolute Gasteiger partial charge is 0.381 e. The number of amides is 1. The minimum Gasteiger partial charge on any atom is -0.381 e. The number of carbonyl (C=O) groups is 1. The minimum atomic E-state index is -0.918. The molecule has 0 saturated carbocycles. The smallest absolute Gasteiger partial charge is 0.256 e. The van der Waals surface area contributed by atoms with Crippen LogP contribution in [0.5, 0.6) is 0 Å². The third-order valence-electron chi connectivity index (χ3n) is 4.15. The minimum absolute atomic E-state index is 0.171. The van der Waals surface area contributed by atoms with Crippen molar-refractivity contribution in [3.05, 3.63) is 64.1 Å². The Bertz CT molecular complexity index is 775. The number of benzene rings is 2. The number of halogens is 1. The average Bonchev–Trinajstić information content (AvgIpc) is 2.63. The van der Waals surface area contributed by atoms with Gasteiger partial charge in [-0.1, -0.05) is 24.3 Å². The summed E-state index contributed by atoms with van der Waals surface area (Å²) in [7, 11) is -0.918. The van der Waals surface area contributed by atoms with Crippen LogP contribution < -0.4 is 5.32 Å². The van der Waals surface area contributed by atoms with Crippen LogP contribution in [-0.2, 0) is 21.3 Å². The lowest BCUT2D eigenvalue weighted by atomic mass is 10.2. The monoisotopic (exact) mass is 421 g/mol. The van der Waals surface area contributed by atoms with Crippen LogP contribution in [0.2, 0.25) is 0 Å². The Balaban J connectivity index is 1.66. The Morgan fingerprint density at radius 1 is 1.16 bits per heavy atom. The predicted molar refractivity (Wildman–Crippen MR) is 104 cm³/mol. The zero-order valence-corrected chi connectivity index (χ0v) is 16.1. The Hall–Kier alpha value is -1.50. The molecule has 1 N–H and O–H groups in total. The summed E-state index contributed by atoms with van der Waals surface area (Å²) in [6.45, 7) is 1.39. The van der Waals surface area contributed by atoms with Crippen LogP contribution in [0.1, 0.15) is 28.8 Å². The molecule has 1 amide bonds. The van der Waals surface area contributed by atoms with Gasteiger partial charge in [0.25, 0.3) is 5.91 Å². The molecule has 1 saturated heterocycles. The lowest BCUT2D eigenvalue weighted by molar-refractivity contribution is 0.0991. The Labute approximate surface area is 158 Å². The maximum atomic E-state index is 12.5. The number of ether oxygens (including phenoxy) is 1. The molecule has 0 bridgehead atoms. The summed E-state index contributed by atoms with van der Waals surface area (Å²) in [6, 6.07) is 14.9. The lowest BCUT2D eigenvalue weighted by Gasteiger charge is -2.21. The number of rotatable bonds is 5. The molecule has 25 heavy (non-hydrogen) atoms. The lowest BCUT2D eigenvalue weighted by Crippen LogP contribution is -2.25. The molecule has 2 aromatic carbocycles. The molecule has 0 radical (unpaired) electrons. The molecule has 0 aliphatic carbocycles. The number of carbonyl (C=O) groups excluding carboxylic acids is 1. The summed E-state index contributed by atoms with van der Waals surface area (Å²) >= 11 is 3.39. The van der Waals surface area contributed by atoms with Crippen molar-refractivity contribution in [3.63, 3.8) is 0 Å². The molecule has 1 aliphatic heterocycles. The van der Waals surface area contributed by atoms with E-state index in [4.69, 9.17) is 4.74 Å². The summed E-state index contributed by atoms with van der Waals surface area (Å²) in [5.74, 6) is 0.332. The molecule has 1 heterocycles. The first-order chi connectivity index (χ1) is 12.1. The third-order valence-corrected chi connectivity index (χ3v) is 6.68. The zero-order valence-electron chi connectivity index (χ0n) is 13.7. The maximum absolute atomic E-state index is 12.5. The average molecular weight is 422 g/mol. The van der Waals surface area contributed by atoms with Crippen LogP contribution in [0.4, 0.5) is 5.69 Å². The van der Waals surface area contributed by atoms with Gasteiger partial charge in [-0.15, -0.1) is 0 Å². The van der Waals surface area contributed by atoms with Crippen molar-refractivity contribution in [1.29, 1.82) is 0 Å². The molecule has 3 rings (SSSR count). The van der Waals surface area contributed by atoms with Gasteiger partial charge < -0.3 is 10.1 Å². The predicted octanol–water partition coefficient (Wildman–Crippen LogP) is 4.13. The molecule has 1 unspecified atom stereocenters. The normalized spacial score (nSPS) is 16.4. The SMILES string of the molecule is O=C(Nc1cccc(CS(=O)C2CCOCC2)c1)c1ccccc1Br. The van der Waals surface area contributed by atoms with Crippen molar-refractivity contribution < 1.29 is 13.7 Å². The first-order valence-electron chi connectivity index (χ1n) is 8.23. The van der Waals surface area contributed by atoms with Crippen molar-refractivity contribution in [2.75, 3.05) is 18.5 Å². The van der Waals surface area contributed by atoms with E-state index >= 15 is 0 Å². The molecule has 132 valence electrons. The van der Waals surface area contributed by atoms with Gasteiger partial charge in [0.2, 0.25) is 0 Å². The highest BCUT2D eigenvalue weighted by atomic mass is 79.9. The van der Waals surface area contributed by atoms with Gasteiger partial charge in [-0.25, -0.2) is 0 Å². The van der Waals surface area contributed by atoms with Crippen molar-refractivity contribution in [1.82, 2.24) is 0 Å². The van der Waals surface area contributed by atoms with E-state index in [1.807, 2.05) is 42.5 Å². The van der Waals surface area contributed by atoms with Crippen molar-refractivity contribution >= 4 is 38.3 Å². The number of anilines is 1. The topological polar surface area (TPSA) is 55.4 Å². The quantitative estimate of drug-likeness (QED) is 0.789. The summed E-state index contributed by atoms with van der Waals surface area (Å²) in [6.07, 6.45) is 1.70. The van der Waals surface area contributed by atoms with E-state index in [2.05, 4.69) is 21.2 Å². The van der Waals surface area contributed by atoms with Crippen molar-refractivity contribution in [2.45, 2.75) is 23.8 Å². The first kappa shape index (κ1) is 18.3. The fourth-order valence-corrected chi connectivity index (χ4v) is 4.73. The van der Waals surface area contributed by atoms with Gasteiger partial charge in [-0.3, -0.25) is 9.00 Å². The van der Waals surface area contributed by atoms with Gasteiger partial charge >= 0.3 is 0 Å². The Morgan fingerprint density at radius 3 is 2.68 bits per heavy atom. The van der Waals surface area contributed by atoms with Crippen LogP contribution in [-0.4, -0.2) is 28.6 Å². The molecule has 2 aromatic rings. The third kappa shape index (κ3) is 5.00. The van der Waals surface area contributed by atoms with Crippen LogP contribution in [0, 0.1) is 0 Å². The molecule has 6 heteroatoms. The molecular formula is C19H20BrNO3S. The van der Waals surface area contributed by atoms with Gasteiger partial charge in [0.05, 0.1) is 5.56 Å². The number of hydrogen-bond acceptors (Lipinski definition) is 3. The van der Waals surface area contributed by atoms with E-state index in [9.17, 15) is 9.00 Å². The second kappa shape index (κ2) is 8.74. The van der Waals surface area contributed by atoms with E-state index < -0.39 is 10.8 Å². The molecule has 0 spiro atoms. The Kier molecular flexibility index (Phi) is 6.39. The van der Waals surface area contributed by atoms with Gasteiger partial charge in [0.1, 0.15) is 0 Å². The summed E-state index contributed by atoms with van der Waals surface area (Å²) < 4.78 is 18.6. The van der Waals surface area contributed by atoms with Gasteiger partial charge in [-0.2, -0.15) is 0 Å². The fraction of sp³-hybridized carbons (Fsp3) is 0.316. The van der Waals surface area contributed by atoms with Gasteiger partial charge in [-0.05, 0) is 58.6 Å². The van der Waals surface area contributed by atoms with Crippen LogP contribution in [0.3, 0.4) is 0 Å². The molecule has 1 aliphatic rings. The zero-order chi connectivity index (χ0) is 17.6. The Morgan fingerprint density at radius 2 is 1.92 bits per heavy atom. The molecule has 1 atom stereocenters. The van der Waals surface area contributed by atoms with Crippen LogP contribution in [0.15, 0.2) is 53.0 Å². The highest BCUT2D eigenvalue weighted by Gasteiger charge is 2.20. The first-order valence-corrected chi connectivity index (χ1v) is 10.4. The summed E-state index contributed by atoms with van der Waals surface area (Å²) in [5.41, 5.74) is 2.26. The number of nitrogens with one attached hydrogen (secondary N) is 1. The van der Waals surface area contributed by atoms with E-state index in [0.717, 1.165) is 22.9 Å². The maximum Gasteiger partial charge on any atom is 0.256 e. The second-order valence-corrected chi connectivity index (χ2v) is 8.54. The van der Waals surface area contributed by atoms with E-state index in [0.29, 0.717) is 30.2 Å². The van der Waals surface area contributed by atoms with Crippen molar-refractivity contribution in [2.24, 2.45) is 0 Å². The highest BCUT2D eigenvalue weighted by molar-refractivity contribution is 9.10. The van der Waals surface area contributed by atoms with Crippen LogP contribution >= 0.6 is 15.9 Å². The number of hydrogen-bond donors (Lipinski definition) is 1. The fourth-order valence-electron chi connectivity index (χ4n) is 2.80. The van der Waals surface area contributed by atoms with Crippen LogP contribution in [0.25, 0.3) is 0 Å². The molecule has 4 nitrogen and oxygen atoms in total. The standard InChI is InChI=1S/C19H20BrNO3S/c20-18-7-2-1-6-17(18)19(22)21-15-5-3-4-14(12-15)13-25(23)16-8-10-24-11-9-16/h1-7,12,16H,8-11,13H2,(H,21,22). The van der Waals surface area contributed by atoms with E-state index in [1.165, 1.54) is 0 Å². The second-order valence-electron chi connectivity index (χ2n) is 5.97. The van der Waals surface area contributed by atoms with Crippen molar-refractivity contribution in [3.8, 4) is 0 Å².